The van der Waals surface area contributed by atoms with Crippen LogP contribution in [0.15, 0.2) is 42.6 Å². The molecule has 1 amide bonds. The molecule has 150 valence electrons. The quantitative estimate of drug-likeness (QED) is 0.647. The zero-order chi connectivity index (χ0) is 20.6. The van der Waals surface area contributed by atoms with Gasteiger partial charge in [-0.25, -0.2) is 9.78 Å². The van der Waals surface area contributed by atoms with Crippen molar-refractivity contribution in [3.63, 3.8) is 0 Å². The minimum atomic E-state index is -0.598. The first-order valence-electron chi connectivity index (χ1n) is 9.40. The lowest BCUT2D eigenvalue weighted by molar-refractivity contribution is -0.121. The molecule has 0 N–H and O–H groups in total. The number of carbonyl (C=O) groups excluding carboxylic acids is 2. The van der Waals surface area contributed by atoms with Crippen LogP contribution in [0.2, 0.25) is 5.02 Å². The van der Waals surface area contributed by atoms with Crippen molar-refractivity contribution in [2.24, 2.45) is 0 Å². The number of esters is 1. The van der Waals surface area contributed by atoms with Crippen LogP contribution in [0.1, 0.15) is 29.6 Å². The molecule has 1 aliphatic rings. The Morgan fingerprint density at radius 3 is 2.76 bits per heavy atom. The molecule has 1 aliphatic heterocycles. The summed E-state index contributed by atoms with van der Waals surface area (Å²) in [7, 11) is 0. The Bertz CT molecular complexity index is 922. The lowest BCUT2D eigenvalue weighted by Crippen LogP contribution is -2.35. The highest BCUT2D eigenvalue weighted by atomic mass is 35.5. The van der Waals surface area contributed by atoms with E-state index < -0.39 is 18.5 Å². The fraction of sp³-hybridized carbons (Fsp3) is 0.333. The van der Waals surface area contributed by atoms with Crippen LogP contribution in [0.5, 0.6) is 0 Å². The number of hydrogen-bond acceptors (Lipinski definition) is 6. The van der Waals surface area contributed by atoms with Gasteiger partial charge in [-0.1, -0.05) is 17.7 Å². The summed E-state index contributed by atoms with van der Waals surface area (Å²) < 4.78 is 5.29. The van der Waals surface area contributed by atoms with Gasteiger partial charge in [0.2, 0.25) is 0 Å². The number of pyridine rings is 1. The monoisotopic (exact) mass is 412 g/mol. The molecule has 0 radical (unpaired) electrons. The van der Waals surface area contributed by atoms with E-state index in [-0.39, 0.29) is 13.0 Å². The Hall–Kier alpha value is -3.11. The van der Waals surface area contributed by atoms with Gasteiger partial charge in [0, 0.05) is 36.5 Å². The second kappa shape index (κ2) is 9.89. The van der Waals surface area contributed by atoms with Gasteiger partial charge in [0.05, 0.1) is 12.5 Å². The number of halogens is 1. The Kier molecular flexibility index (Phi) is 7.04. The molecule has 0 saturated carbocycles. The molecule has 0 spiro atoms. The largest absolute Gasteiger partial charge is 0.452 e. The smallest absolute Gasteiger partial charge is 0.342 e. The van der Waals surface area contributed by atoms with Gasteiger partial charge in [0.15, 0.2) is 6.61 Å². The molecule has 0 unspecified atom stereocenters. The van der Waals surface area contributed by atoms with E-state index in [0.29, 0.717) is 22.1 Å². The normalized spacial score (nSPS) is 13.0. The summed E-state index contributed by atoms with van der Waals surface area (Å²) in [6, 6.07) is 12.1. The van der Waals surface area contributed by atoms with Gasteiger partial charge in [-0.15, -0.1) is 0 Å². The van der Waals surface area contributed by atoms with Crippen molar-refractivity contribution in [1.29, 1.82) is 5.26 Å². The minimum absolute atomic E-state index is 0.147. The third-order valence-corrected chi connectivity index (χ3v) is 4.84. The van der Waals surface area contributed by atoms with Gasteiger partial charge in [-0.3, -0.25) is 4.79 Å². The summed E-state index contributed by atoms with van der Waals surface area (Å²) in [5.74, 6) is -0.444. The maximum absolute atomic E-state index is 12.7. The van der Waals surface area contributed by atoms with Crippen LogP contribution in [-0.2, 0) is 9.53 Å². The van der Waals surface area contributed by atoms with Gasteiger partial charge >= 0.3 is 5.97 Å². The molecule has 0 aliphatic carbocycles. The summed E-state index contributed by atoms with van der Waals surface area (Å²) in [6.45, 7) is 1.42. The molecule has 0 atom stereocenters. The highest BCUT2D eigenvalue weighted by Gasteiger charge is 2.23. The Labute approximate surface area is 174 Å². The highest BCUT2D eigenvalue weighted by molar-refractivity contribution is 6.30. The predicted molar refractivity (Wildman–Crippen MR) is 110 cm³/mol. The SMILES string of the molecule is N#CCCN(C(=O)COC(=O)c1cccnc1N1CCCC1)c1cccc(Cl)c1. The maximum atomic E-state index is 12.7. The molecular formula is C21H21ClN4O3. The van der Waals surface area contributed by atoms with Crippen LogP contribution < -0.4 is 9.80 Å². The van der Waals surface area contributed by atoms with Crippen molar-refractivity contribution in [1.82, 2.24) is 4.98 Å². The number of rotatable bonds is 7. The Balaban J connectivity index is 1.70. The van der Waals surface area contributed by atoms with E-state index in [1.807, 2.05) is 11.0 Å². The van der Waals surface area contributed by atoms with Crippen LogP contribution >= 0.6 is 11.6 Å². The number of nitrogens with zero attached hydrogens (tertiary/aromatic N) is 4. The number of aromatic nitrogens is 1. The van der Waals surface area contributed by atoms with Crippen molar-refractivity contribution in [3.05, 3.63) is 53.2 Å². The molecule has 2 heterocycles. The zero-order valence-electron chi connectivity index (χ0n) is 15.9. The predicted octanol–water partition coefficient (Wildman–Crippen LogP) is 3.44. The zero-order valence-corrected chi connectivity index (χ0v) is 16.6. The van der Waals surface area contributed by atoms with Crippen LogP contribution in [0.3, 0.4) is 0 Å². The molecule has 3 rings (SSSR count). The highest BCUT2D eigenvalue weighted by Crippen LogP contribution is 2.23. The van der Waals surface area contributed by atoms with E-state index in [2.05, 4.69) is 4.98 Å². The lowest BCUT2D eigenvalue weighted by Gasteiger charge is -2.22. The van der Waals surface area contributed by atoms with Crippen LogP contribution in [-0.4, -0.2) is 43.1 Å². The molecular weight excluding hydrogens is 392 g/mol. The first-order chi connectivity index (χ1) is 14.1. The van der Waals surface area contributed by atoms with Gasteiger partial charge in [-0.2, -0.15) is 5.26 Å². The van der Waals surface area contributed by atoms with Crippen molar-refractivity contribution >= 4 is 35.0 Å². The lowest BCUT2D eigenvalue weighted by atomic mass is 10.2. The summed E-state index contributed by atoms with van der Waals surface area (Å²) in [5, 5.41) is 9.36. The first kappa shape index (κ1) is 20.6. The van der Waals surface area contributed by atoms with Gasteiger partial charge in [-0.05, 0) is 43.2 Å². The number of ether oxygens (including phenoxy) is 1. The summed E-state index contributed by atoms with van der Waals surface area (Å²) in [5.41, 5.74) is 0.890. The number of anilines is 2. The third-order valence-electron chi connectivity index (χ3n) is 4.61. The van der Waals surface area contributed by atoms with Crippen molar-refractivity contribution < 1.29 is 14.3 Å². The number of carbonyl (C=O) groups is 2. The van der Waals surface area contributed by atoms with Gasteiger partial charge in [0.1, 0.15) is 11.4 Å². The number of benzene rings is 1. The summed E-state index contributed by atoms with van der Waals surface area (Å²) in [6.07, 6.45) is 3.89. The number of hydrogen-bond donors (Lipinski definition) is 0. The van der Waals surface area contributed by atoms with E-state index in [1.165, 1.54) is 4.90 Å². The second-order valence-electron chi connectivity index (χ2n) is 6.58. The molecule has 0 bridgehead atoms. The van der Waals surface area contributed by atoms with E-state index >= 15 is 0 Å². The third kappa shape index (κ3) is 5.24. The topological polar surface area (TPSA) is 86.5 Å². The Morgan fingerprint density at radius 2 is 2.03 bits per heavy atom. The number of amides is 1. The minimum Gasteiger partial charge on any atom is -0.452 e. The second-order valence-corrected chi connectivity index (χ2v) is 7.01. The van der Waals surface area contributed by atoms with Gasteiger partial charge < -0.3 is 14.5 Å². The fourth-order valence-electron chi connectivity index (χ4n) is 3.22. The molecule has 1 aromatic heterocycles. The van der Waals surface area contributed by atoms with Crippen LogP contribution in [0, 0.1) is 11.3 Å². The van der Waals surface area contributed by atoms with E-state index in [9.17, 15) is 9.59 Å². The Morgan fingerprint density at radius 1 is 1.24 bits per heavy atom. The summed E-state index contributed by atoms with van der Waals surface area (Å²) >= 11 is 6.01. The van der Waals surface area contributed by atoms with Gasteiger partial charge in [0.25, 0.3) is 5.91 Å². The first-order valence-corrected chi connectivity index (χ1v) is 9.78. The van der Waals surface area contributed by atoms with Crippen LogP contribution in [0.4, 0.5) is 11.5 Å². The van der Waals surface area contributed by atoms with E-state index in [1.54, 1.807) is 42.6 Å². The average molecular weight is 413 g/mol. The van der Waals surface area contributed by atoms with Crippen molar-refractivity contribution in [3.8, 4) is 6.07 Å². The van der Waals surface area contributed by atoms with E-state index in [4.69, 9.17) is 21.6 Å². The number of nitriles is 1. The summed E-state index contributed by atoms with van der Waals surface area (Å²) in [4.78, 5) is 33.1. The molecule has 1 aromatic carbocycles. The van der Waals surface area contributed by atoms with Crippen molar-refractivity contribution in [2.75, 3.05) is 36.0 Å². The molecule has 29 heavy (non-hydrogen) atoms. The van der Waals surface area contributed by atoms with Crippen molar-refractivity contribution in [2.45, 2.75) is 19.3 Å². The average Bonchev–Trinajstić information content (AvgIpc) is 3.27. The molecule has 2 aromatic rings. The fourth-order valence-corrected chi connectivity index (χ4v) is 3.41. The molecule has 1 saturated heterocycles. The molecule has 7 nitrogen and oxygen atoms in total. The standard InChI is InChI=1S/C21H21ClN4O3/c22-16-6-3-7-17(14-16)26(13-5-9-23)19(27)15-29-21(28)18-8-4-10-24-20(18)25-11-1-2-12-25/h3-4,6-8,10,14H,1-2,5,11-13,15H2. The van der Waals surface area contributed by atoms with Crippen LogP contribution in [0.25, 0.3) is 0 Å². The molecule has 8 heteroatoms. The van der Waals surface area contributed by atoms with E-state index in [0.717, 1.165) is 25.9 Å². The molecule has 1 fully saturated rings. The maximum Gasteiger partial charge on any atom is 0.342 e.